The standard InChI is InChI=1S/C13H18N2O2/c1-13(2,17)12(14)9-3-5-10-8(7-9)4-6-11(16)15-10/h3,5,7,12,17H,4,6,14H2,1-2H3,(H,15,16). The highest BCUT2D eigenvalue weighted by molar-refractivity contribution is 5.93. The minimum absolute atomic E-state index is 0.0528. The van der Waals surface area contributed by atoms with Gasteiger partial charge in [0.15, 0.2) is 0 Å². The van der Waals surface area contributed by atoms with Gasteiger partial charge in [-0.3, -0.25) is 4.79 Å². The molecule has 1 aliphatic rings. The maximum absolute atomic E-state index is 11.2. The first-order valence-electron chi connectivity index (χ1n) is 5.78. The van der Waals surface area contributed by atoms with Crippen molar-refractivity contribution < 1.29 is 9.90 Å². The number of carbonyl (C=O) groups excluding carboxylic acids is 1. The molecule has 17 heavy (non-hydrogen) atoms. The summed E-state index contributed by atoms with van der Waals surface area (Å²) in [6.45, 7) is 3.39. The number of carbonyl (C=O) groups is 1. The van der Waals surface area contributed by atoms with E-state index in [4.69, 9.17) is 5.73 Å². The second-order valence-corrected chi connectivity index (χ2v) is 5.10. The number of anilines is 1. The van der Waals surface area contributed by atoms with Gasteiger partial charge in [-0.25, -0.2) is 0 Å². The topological polar surface area (TPSA) is 75.3 Å². The monoisotopic (exact) mass is 234 g/mol. The molecule has 2 rings (SSSR count). The summed E-state index contributed by atoms with van der Waals surface area (Å²) in [5.74, 6) is 0.0528. The third-order valence-corrected chi connectivity index (χ3v) is 3.14. The fourth-order valence-electron chi connectivity index (χ4n) is 2.00. The molecule has 0 saturated heterocycles. The Morgan fingerprint density at radius 3 is 2.76 bits per heavy atom. The summed E-state index contributed by atoms with van der Waals surface area (Å²) in [7, 11) is 0. The van der Waals surface area contributed by atoms with E-state index in [1.807, 2.05) is 18.2 Å². The number of hydrogen-bond donors (Lipinski definition) is 3. The van der Waals surface area contributed by atoms with Crippen molar-refractivity contribution in [3.8, 4) is 0 Å². The Morgan fingerprint density at radius 2 is 2.12 bits per heavy atom. The molecule has 1 aromatic carbocycles. The molecule has 1 unspecified atom stereocenters. The van der Waals surface area contributed by atoms with E-state index in [1.165, 1.54) is 0 Å². The number of aryl methyl sites for hydroxylation is 1. The summed E-state index contributed by atoms with van der Waals surface area (Å²) in [5, 5.41) is 12.7. The third kappa shape index (κ3) is 2.48. The Bertz CT molecular complexity index is 449. The normalized spacial score (nSPS) is 17.3. The van der Waals surface area contributed by atoms with Gasteiger partial charge in [-0.2, -0.15) is 0 Å². The third-order valence-electron chi connectivity index (χ3n) is 3.14. The Balaban J connectivity index is 2.31. The van der Waals surface area contributed by atoms with Gasteiger partial charge in [0.2, 0.25) is 5.91 Å². The van der Waals surface area contributed by atoms with Gasteiger partial charge in [-0.05, 0) is 37.5 Å². The van der Waals surface area contributed by atoms with Crippen molar-refractivity contribution in [1.82, 2.24) is 0 Å². The highest BCUT2D eigenvalue weighted by Crippen LogP contribution is 2.29. The first-order valence-corrected chi connectivity index (χ1v) is 5.78. The predicted molar refractivity (Wildman–Crippen MR) is 66.6 cm³/mol. The van der Waals surface area contributed by atoms with Crippen LogP contribution in [0.2, 0.25) is 0 Å². The lowest BCUT2D eigenvalue weighted by Gasteiger charge is -2.27. The summed E-state index contributed by atoms with van der Waals surface area (Å²) in [4.78, 5) is 11.2. The van der Waals surface area contributed by atoms with Crippen molar-refractivity contribution in [1.29, 1.82) is 0 Å². The largest absolute Gasteiger partial charge is 0.388 e. The van der Waals surface area contributed by atoms with Crippen LogP contribution in [0.15, 0.2) is 18.2 Å². The van der Waals surface area contributed by atoms with E-state index in [2.05, 4.69) is 5.32 Å². The quantitative estimate of drug-likeness (QED) is 0.723. The zero-order chi connectivity index (χ0) is 12.6. The van der Waals surface area contributed by atoms with Crippen molar-refractivity contribution in [2.45, 2.75) is 38.3 Å². The molecule has 4 heteroatoms. The highest BCUT2D eigenvalue weighted by Gasteiger charge is 2.25. The summed E-state index contributed by atoms with van der Waals surface area (Å²) >= 11 is 0. The van der Waals surface area contributed by atoms with Crippen molar-refractivity contribution in [2.24, 2.45) is 5.73 Å². The number of hydrogen-bond acceptors (Lipinski definition) is 3. The second kappa shape index (κ2) is 4.13. The van der Waals surface area contributed by atoms with Crippen LogP contribution in [0, 0.1) is 0 Å². The molecule has 4 nitrogen and oxygen atoms in total. The molecule has 0 bridgehead atoms. The minimum atomic E-state index is -0.952. The molecule has 0 saturated carbocycles. The Labute approximate surface area is 101 Å². The number of aliphatic hydroxyl groups is 1. The van der Waals surface area contributed by atoms with Crippen LogP contribution in [0.5, 0.6) is 0 Å². The highest BCUT2D eigenvalue weighted by atomic mass is 16.3. The van der Waals surface area contributed by atoms with Crippen molar-refractivity contribution in [2.75, 3.05) is 5.32 Å². The van der Waals surface area contributed by atoms with Gasteiger partial charge in [0.05, 0.1) is 11.6 Å². The van der Waals surface area contributed by atoms with Crippen LogP contribution in [0.1, 0.15) is 37.4 Å². The number of rotatable bonds is 2. The summed E-state index contributed by atoms with van der Waals surface area (Å²) in [6, 6.07) is 5.25. The minimum Gasteiger partial charge on any atom is -0.388 e. The summed E-state index contributed by atoms with van der Waals surface area (Å²) < 4.78 is 0. The van der Waals surface area contributed by atoms with Crippen LogP contribution in [0.4, 0.5) is 5.69 Å². The van der Waals surface area contributed by atoms with E-state index in [0.29, 0.717) is 6.42 Å². The van der Waals surface area contributed by atoms with E-state index in [1.54, 1.807) is 13.8 Å². The smallest absolute Gasteiger partial charge is 0.224 e. The van der Waals surface area contributed by atoms with Gasteiger partial charge in [-0.1, -0.05) is 12.1 Å². The molecule has 0 aliphatic carbocycles. The zero-order valence-electron chi connectivity index (χ0n) is 10.2. The van der Waals surface area contributed by atoms with Crippen molar-refractivity contribution in [3.05, 3.63) is 29.3 Å². The van der Waals surface area contributed by atoms with Gasteiger partial charge < -0.3 is 16.2 Å². The predicted octanol–water partition coefficient (Wildman–Crippen LogP) is 1.34. The average molecular weight is 234 g/mol. The molecule has 0 spiro atoms. The molecule has 1 heterocycles. The molecule has 1 aliphatic heterocycles. The van der Waals surface area contributed by atoms with Crippen LogP contribution in [-0.4, -0.2) is 16.6 Å². The van der Waals surface area contributed by atoms with E-state index < -0.39 is 11.6 Å². The fraction of sp³-hybridized carbons (Fsp3) is 0.462. The van der Waals surface area contributed by atoms with E-state index in [-0.39, 0.29) is 5.91 Å². The maximum atomic E-state index is 11.2. The van der Waals surface area contributed by atoms with E-state index >= 15 is 0 Å². The van der Waals surface area contributed by atoms with Crippen LogP contribution in [-0.2, 0) is 11.2 Å². The van der Waals surface area contributed by atoms with Gasteiger partial charge in [-0.15, -0.1) is 0 Å². The molecule has 1 aromatic rings. The van der Waals surface area contributed by atoms with Crippen molar-refractivity contribution in [3.63, 3.8) is 0 Å². The Kier molecular flexibility index (Phi) is 2.93. The van der Waals surface area contributed by atoms with Gasteiger partial charge in [0, 0.05) is 12.1 Å². The number of benzene rings is 1. The van der Waals surface area contributed by atoms with Gasteiger partial charge in [0.1, 0.15) is 0 Å². The van der Waals surface area contributed by atoms with Crippen LogP contribution < -0.4 is 11.1 Å². The first-order chi connectivity index (χ1) is 7.88. The molecule has 0 aromatic heterocycles. The molecule has 0 fully saturated rings. The number of nitrogens with one attached hydrogen (secondary N) is 1. The summed E-state index contributed by atoms with van der Waals surface area (Å²) in [6.07, 6.45) is 1.24. The van der Waals surface area contributed by atoms with Crippen LogP contribution in [0.25, 0.3) is 0 Å². The van der Waals surface area contributed by atoms with Gasteiger partial charge >= 0.3 is 0 Å². The molecule has 4 N–H and O–H groups in total. The zero-order valence-corrected chi connectivity index (χ0v) is 10.2. The number of fused-ring (bicyclic) bond motifs is 1. The Morgan fingerprint density at radius 1 is 1.41 bits per heavy atom. The van der Waals surface area contributed by atoms with Gasteiger partial charge in [0.25, 0.3) is 0 Å². The van der Waals surface area contributed by atoms with Crippen LogP contribution >= 0.6 is 0 Å². The molecular weight excluding hydrogens is 216 g/mol. The molecule has 92 valence electrons. The average Bonchev–Trinajstić information content (AvgIpc) is 2.26. The van der Waals surface area contributed by atoms with Crippen molar-refractivity contribution >= 4 is 11.6 Å². The Hall–Kier alpha value is -1.39. The van der Waals surface area contributed by atoms with Crippen LogP contribution in [0.3, 0.4) is 0 Å². The SMILES string of the molecule is CC(C)(O)C(N)c1ccc2c(c1)CCC(=O)N2. The molecule has 1 atom stereocenters. The second-order valence-electron chi connectivity index (χ2n) is 5.10. The molecule has 1 amide bonds. The lowest BCUT2D eigenvalue weighted by molar-refractivity contribution is -0.116. The lowest BCUT2D eigenvalue weighted by Crippen LogP contribution is -2.35. The number of amides is 1. The maximum Gasteiger partial charge on any atom is 0.224 e. The lowest BCUT2D eigenvalue weighted by atomic mass is 9.90. The molecular formula is C13H18N2O2. The molecule has 0 radical (unpaired) electrons. The first kappa shape index (κ1) is 12.1. The fourth-order valence-corrected chi connectivity index (χ4v) is 2.00. The summed E-state index contributed by atoms with van der Waals surface area (Å²) in [5.41, 5.74) is 7.88. The number of nitrogens with two attached hydrogens (primary N) is 1. The van der Waals surface area contributed by atoms with E-state index in [0.717, 1.165) is 23.2 Å². The van der Waals surface area contributed by atoms with E-state index in [9.17, 15) is 9.90 Å².